The second kappa shape index (κ2) is 29.9. The fraction of sp³-hybridized carbons (Fsp3) is 0.643. The van der Waals surface area contributed by atoms with Crippen molar-refractivity contribution in [1.29, 1.82) is 0 Å². The summed E-state index contributed by atoms with van der Waals surface area (Å²) < 4.78 is 0. The summed E-state index contributed by atoms with van der Waals surface area (Å²) in [6.07, 6.45) is 0.750. The first-order valence-electron chi connectivity index (χ1n) is 5.63. The van der Waals surface area contributed by atoms with Crippen molar-refractivity contribution in [3.05, 3.63) is 0 Å². The molecule has 0 saturated heterocycles. The van der Waals surface area contributed by atoms with Crippen molar-refractivity contribution in [2.45, 2.75) is 62.3 Å². The molecular weight excluding hydrogens is 248 g/mol. The predicted molar refractivity (Wildman–Crippen MR) is 77.2 cm³/mol. The van der Waals surface area contributed by atoms with E-state index in [1.165, 1.54) is 62.3 Å². The van der Waals surface area contributed by atoms with Crippen LogP contribution in [0.2, 0.25) is 0 Å². The summed E-state index contributed by atoms with van der Waals surface area (Å²) in [5, 5.41) is 0. The summed E-state index contributed by atoms with van der Waals surface area (Å²) in [7, 11) is 0. The van der Waals surface area contributed by atoms with Gasteiger partial charge in [-0.25, -0.2) is 0 Å². The number of carbonyl (C=O) groups excluding carboxylic acids is 5. The third kappa shape index (κ3) is 1240. The number of aldehydes is 1. The first-order chi connectivity index (χ1) is 8.34. The summed E-state index contributed by atoms with van der Waals surface area (Å²) in [6.45, 7) is 13.7. The van der Waals surface area contributed by atoms with Gasteiger partial charge in [-0.05, 0) is 62.3 Å². The van der Waals surface area contributed by atoms with Gasteiger partial charge < -0.3 is 24.0 Å². The van der Waals surface area contributed by atoms with Crippen LogP contribution in [0.5, 0.6) is 0 Å². The molecule has 0 aromatic rings. The molecule has 0 fully saturated rings. The number of ketones is 4. The molecule has 0 spiro atoms. The van der Waals surface area contributed by atoms with Crippen molar-refractivity contribution in [2.75, 3.05) is 0 Å². The second-order valence-corrected chi connectivity index (χ2v) is 3.87. The van der Waals surface area contributed by atoms with Crippen LogP contribution < -0.4 is 0 Å². The molecule has 0 aromatic carbocycles. The van der Waals surface area contributed by atoms with Crippen LogP contribution in [-0.2, 0) is 24.0 Å². The van der Waals surface area contributed by atoms with E-state index < -0.39 is 0 Å². The van der Waals surface area contributed by atoms with Gasteiger partial charge in [0.15, 0.2) is 0 Å². The van der Waals surface area contributed by atoms with Crippen LogP contribution in [0, 0.1) is 0 Å². The van der Waals surface area contributed by atoms with E-state index in [1.807, 2.05) is 0 Å². The van der Waals surface area contributed by atoms with Crippen molar-refractivity contribution in [1.82, 2.24) is 0 Å². The fourth-order valence-electron chi connectivity index (χ4n) is 0. The topological polar surface area (TPSA) is 85.3 Å². The Labute approximate surface area is 116 Å². The molecule has 0 aromatic heterocycles. The monoisotopic (exact) mass is 276 g/mol. The third-order valence-electron chi connectivity index (χ3n) is 0. The minimum Gasteiger partial charge on any atom is -0.304 e. The highest BCUT2D eigenvalue weighted by molar-refractivity contribution is 5.72. The van der Waals surface area contributed by atoms with E-state index in [9.17, 15) is 19.2 Å². The highest BCUT2D eigenvalue weighted by Gasteiger charge is 1.63. The minimum atomic E-state index is 0.167. The van der Waals surface area contributed by atoms with Gasteiger partial charge in [0, 0.05) is 0 Å². The summed E-state index contributed by atoms with van der Waals surface area (Å²) >= 11 is 0. The van der Waals surface area contributed by atoms with Crippen molar-refractivity contribution in [3.8, 4) is 0 Å². The lowest BCUT2D eigenvalue weighted by molar-refractivity contribution is -0.115. The predicted octanol–water partition coefficient (Wildman–Crippen LogP) is 2.59. The van der Waals surface area contributed by atoms with Crippen molar-refractivity contribution >= 4 is 29.4 Å². The largest absolute Gasteiger partial charge is 0.304 e. The molecule has 0 saturated carbocycles. The fourth-order valence-corrected chi connectivity index (χ4v) is 0. The molecule has 0 aliphatic carbocycles. The molecule has 0 bridgehead atoms. The standard InChI is InChI=1S/4C3H6O.C2H4O/c4*1-3(2)4;1-2-3/h4*1-2H3;2H,1H3. The maximum absolute atomic E-state index is 9.44. The summed E-state index contributed by atoms with van der Waals surface area (Å²) in [4.78, 5) is 46.6. The van der Waals surface area contributed by atoms with E-state index >= 15 is 0 Å². The molecule has 0 atom stereocenters. The van der Waals surface area contributed by atoms with Crippen molar-refractivity contribution in [3.63, 3.8) is 0 Å². The average molecular weight is 276 g/mol. The van der Waals surface area contributed by atoms with Crippen molar-refractivity contribution < 1.29 is 24.0 Å². The minimum absolute atomic E-state index is 0.167. The normalized spacial score (nSPS) is 6.16. The van der Waals surface area contributed by atoms with E-state index in [2.05, 4.69) is 0 Å². The molecular formula is C14H28O5. The lowest BCUT2D eigenvalue weighted by atomic mass is 10.6. The third-order valence-corrected chi connectivity index (χ3v) is 0. The van der Waals surface area contributed by atoms with Gasteiger partial charge in [0.05, 0.1) is 0 Å². The molecule has 0 rings (SSSR count). The van der Waals surface area contributed by atoms with Gasteiger partial charge in [-0.1, -0.05) is 0 Å². The van der Waals surface area contributed by atoms with E-state index in [0.717, 1.165) is 6.29 Å². The summed E-state index contributed by atoms with van der Waals surface area (Å²) in [5.74, 6) is 0.667. The SMILES string of the molecule is CC(C)=O.CC(C)=O.CC(C)=O.CC(C)=O.CC=O. The zero-order valence-electron chi connectivity index (χ0n) is 13.6. The Balaban J connectivity index is -0.0000000432. The number of Topliss-reactive ketones (excluding diaryl/α,β-unsaturated/α-hetero) is 4. The van der Waals surface area contributed by atoms with Crippen molar-refractivity contribution in [2.24, 2.45) is 0 Å². The molecule has 0 aliphatic rings. The molecule has 0 heterocycles. The Bertz CT molecular complexity index is 191. The molecule has 0 unspecified atom stereocenters. The first kappa shape index (κ1) is 30.4. The van der Waals surface area contributed by atoms with Crippen LogP contribution >= 0.6 is 0 Å². The average Bonchev–Trinajstić information content (AvgIpc) is 1.97. The summed E-state index contributed by atoms with van der Waals surface area (Å²) in [5.41, 5.74) is 0. The van der Waals surface area contributed by atoms with Gasteiger partial charge in [-0.15, -0.1) is 0 Å². The van der Waals surface area contributed by atoms with E-state index in [4.69, 9.17) is 4.79 Å². The quantitative estimate of drug-likeness (QED) is 0.635. The van der Waals surface area contributed by atoms with Crippen LogP contribution in [0.1, 0.15) is 62.3 Å². The molecule has 5 heteroatoms. The number of hydrogen-bond donors (Lipinski definition) is 0. The lowest BCUT2D eigenvalue weighted by Crippen LogP contribution is -1.69. The van der Waals surface area contributed by atoms with E-state index in [1.54, 1.807) is 0 Å². The maximum atomic E-state index is 9.44. The molecule has 114 valence electrons. The number of carbonyl (C=O) groups is 5. The Morgan fingerprint density at radius 3 is 0.526 bits per heavy atom. The van der Waals surface area contributed by atoms with Gasteiger partial charge in [-0.3, -0.25) is 0 Å². The zero-order valence-corrected chi connectivity index (χ0v) is 13.6. The first-order valence-corrected chi connectivity index (χ1v) is 5.63. The van der Waals surface area contributed by atoms with Crippen LogP contribution in [0.4, 0.5) is 0 Å². The van der Waals surface area contributed by atoms with Gasteiger partial charge >= 0.3 is 0 Å². The second-order valence-electron chi connectivity index (χ2n) is 3.87. The van der Waals surface area contributed by atoms with Crippen LogP contribution in [-0.4, -0.2) is 29.4 Å². The highest BCUT2D eigenvalue weighted by Crippen LogP contribution is 1.51. The van der Waals surface area contributed by atoms with Crippen LogP contribution in [0.25, 0.3) is 0 Å². The smallest absolute Gasteiger partial charge is 0.126 e. The van der Waals surface area contributed by atoms with Crippen LogP contribution in [0.3, 0.4) is 0 Å². The molecule has 19 heavy (non-hydrogen) atoms. The molecule has 0 aliphatic heterocycles. The van der Waals surface area contributed by atoms with Gasteiger partial charge in [0.1, 0.15) is 29.4 Å². The van der Waals surface area contributed by atoms with Gasteiger partial charge in [-0.2, -0.15) is 0 Å². The molecule has 0 amide bonds. The Hall–Kier alpha value is -1.65. The lowest BCUT2D eigenvalue weighted by Gasteiger charge is -1.56. The molecule has 0 N–H and O–H groups in total. The molecule has 5 nitrogen and oxygen atoms in total. The van der Waals surface area contributed by atoms with Gasteiger partial charge in [0.25, 0.3) is 0 Å². The summed E-state index contributed by atoms with van der Waals surface area (Å²) in [6, 6.07) is 0. The Morgan fingerprint density at radius 1 is 0.526 bits per heavy atom. The number of rotatable bonds is 0. The maximum Gasteiger partial charge on any atom is 0.126 e. The zero-order chi connectivity index (χ0) is 17.0. The van der Waals surface area contributed by atoms with Gasteiger partial charge in [0.2, 0.25) is 0 Å². The van der Waals surface area contributed by atoms with E-state index in [0.29, 0.717) is 0 Å². The van der Waals surface area contributed by atoms with E-state index in [-0.39, 0.29) is 23.1 Å². The highest BCUT2D eigenvalue weighted by atomic mass is 16.1. The number of hydrogen-bond acceptors (Lipinski definition) is 5. The molecule has 0 radical (unpaired) electrons. The Morgan fingerprint density at radius 2 is 0.526 bits per heavy atom. The Kier molecular flexibility index (Phi) is 47.9. The van der Waals surface area contributed by atoms with Crippen LogP contribution in [0.15, 0.2) is 0 Å².